The van der Waals surface area contributed by atoms with Gasteiger partial charge in [-0.2, -0.15) is 5.10 Å². The van der Waals surface area contributed by atoms with Gasteiger partial charge in [0.25, 0.3) is 0 Å². The number of terminal acetylenes is 1. The molecule has 0 saturated heterocycles. The van der Waals surface area contributed by atoms with E-state index >= 15 is 0 Å². The lowest BCUT2D eigenvalue weighted by Crippen LogP contribution is -2.19. The van der Waals surface area contributed by atoms with E-state index in [1.165, 1.54) is 0 Å². The molecule has 0 fully saturated rings. The number of halogens is 1. The highest BCUT2D eigenvalue weighted by molar-refractivity contribution is 9.10. The molecule has 4 nitrogen and oxygen atoms in total. The SMILES string of the molecule is C#CCn1c(C)c(/C=N/NC(=O)Cc2ccc(Br)cc2)c2ccccc21. The molecule has 0 aliphatic carbocycles. The first-order valence-corrected chi connectivity index (χ1v) is 8.97. The highest BCUT2D eigenvalue weighted by Crippen LogP contribution is 2.24. The van der Waals surface area contributed by atoms with Crippen LogP contribution in [-0.4, -0.2) is 16.7 Å². The van der Waals surface area contributed by atoms with Gasteiger partial charge in [-0.05, 0) is 30.7 Å². The molecular weight excluding hydrogens is 390 g/mol. The van der Waals surface area contributed by atoms with Gasteiger partial charge in [0, 0.05) is 26.6 Å². The van der Waals surface area contributed by atoms with Crippen molar-refractivity contribution in [2.24, 2.45) is 5.10 Å². The second-order valence-electron chi connectivity index (χ2n) is 5.90. The predicted octanol–water partition coefficient (Wildman–Crippen LogP) is 4.04. The number of amides is 1. The monoisotopic (exact) mass is 407 g/mol. The molecular formula is C21H18BrN3O. The quantitative estimate of drug-likeness (QED) is 0.387. The molecule has 0 spiro atoms. The second kappa shape index (κ2) is 8.03. The molecule has 1 heterocycles. The highest BCUT2D eigenvalue weighted by Gasteiger charge is 2.11. The Bertz CT molecular complexity index is 1010. The van der Waals surface area contributed by atoms with Crippen molar-refractivity contribution in [1.82, 2.24) is 9.99 Å². The molecule has 5 heteroatoms. The van der Waals surface area contributed by atoms with Crippen LogP contribution in [-0.2, 0) is 17.8 Å². The van der Waals surface area contributed by atoms with E-state index in [4.69, 9.17) is 6.42 Å². The molecule has 1 amide bonds. The maximum atomic E-state index is 12.1. The number of fused-ring (bicyclic) bond motifs is 1. The van der Waals surface area contributed by atoms with Crippen LogP contribution >= 0.6 is 15.9 Å². The summed E-state index contributed by atoms with van der Waals surface area (Å²) in [5, 5.41) is 5.20. The van der Waals surface area contributed by atoms with Gasteiger partial charge in [0.1, 0.15) is 0 Å². The Morgan fingerprint density at radius 1 is 1.27 bits per heavy atom. The van der Waals surface area contributed by atoms with E-state index in [1.807, 2.05) is 55.5 Å². The Hall–Kier alpha value is -2.84. The van der Waals surface area contributed by atoms with Gasteiger partial charge in [-0.15, -0.1) is 6.42 Å². The fraction of sp³-hybridized carbons (Fsp3) is 0.143. The molecule has 3 rings (SSSR count). The van der Waals surface area contributed by atoms with Crippen LogP contribution in [0.25, 0.3) is 10.9 Å². The summed E-state index contributed by atoms with van der Waals surface area (Å²) in [6.45, 7) is 2.50. The summed E-state index contributed by atoms with van der Waals surface area (Å²) in [5.41, 5.74) is 6.57. The molecule has 0 aliphatic heterocycles. The number of carbonyl (C=O) groups is 1. The fourth-order valence-electron chi connectivity index (χ4n) is 2.91. The number of aromatic nitrogens is 1. The maximum absolute atomic E-state index is 12.1. The topological polar surface area (TPSA) is 46.4 Å². The molecule has 0 aliphatic rings. The van der Waals surface area contributed by atoms with Crippen LogP contribution in [0.4, 0.5) is 0 Å². The third-order valence-corrected chi connectivity index (χ3v) is 4.72. The zero-order valence-electron chi connectivity index (χ0n) is 14.4. The zero-order valence-corrected chi connectivity index (χ0v) is 16.0. The van der Waals surface area contributed by atoms with Crippen LogP contribution in [0.15, 0.2) is 58.1 Å². The first-order valence-electron chi connectivity index (χ1n) is 8.18. The molecule has 1 N–H and O–H groups in total. The maximum Gasteiger partial charge on any atom is 0.244 e. The Kier molecular flexibility index (Phi) is 5.55. The van der Waals surface area contributed by atoms with Gasteiger partial charge >= 0.3 is 0 Å². The Balaban J connectivity index is 1.76. The van der Waals surface area contributed by atoms with Crippen LogP contribution in [0, 0.1) is 19.3 Å². The average molecular weight is 408 g/mol. The summed E-state index contributed by atoms with van der Waals surface area (Å²) < 4.78 is 3.05. The van der Waals surface area contributed by atoms with Gasteiger partial charge in [-0.25, -0.2) is 5.43 Å². The fourth-order valence-corrected chi connectivity index (χ4v) is 3.18. The molecule has 0 atom stereocenters. The van der Waals surface area contributed by atoms with E-state index in [-0.39, 0.29) is 12.3 Å². The van der Waals surface area contributed by atoms with Gasteiger partial charge in [-0.1, -0.05) is 52.2 Å². The molecule has 0 saturated carbocycles. The number of nitrogens with zero attached hydrogens (tertiary/aromatic N) is 2. The lowest BCUT2D eigenvalue weighted by molar-refractivity contribution is -0.120. The first-order chi connectivity index (χ1) is 12.6. The van der Waals surface area contributed by atoms with Gasteiger partial charge < -0.3 is 4.57 Å². The van der Waals surface area contributed by atoms with Gasteiger partial charge in [-0.3, -0.25) is 4.79 Å². The summed E-state index contributed by atoms with van der Waals surface area (Å²) in [5.74, 6) is 2.52. The van der Waals surface area contributed by atoms with Crippen molar-refractivity contribution < 1.29 is 4.79 Å². The average Bonchev–Trinajstić information content (AvgIpc) is 2.90. The van der Waals surface area contributed by atoms with Crippen molar-refractivity contribution in [1.29, 1.82) is 0 Å². The molecule has 0 unspecified atom stereocenters. The number of rotatable bonds is 5. The Morgan fingerprint density at radius 2 is 2.00 bits per heavy atom. The van der Waals surface area contributed by atoms with Crippen molar-refractivity contribution >= 4 is 39.0 Å². The number of nitrogens with one attached hydrogen (secondary N) is 1. The van der Waals surface area contributed by atoms with Crippen LogP contribution in [0.2, 0.25) is 0 Å². The Labute approximate surface area is 161 Å². The zero-order chi connectivity index (χ0) is 18.5. The van der Waals surface area contributed by atoms with Crippen LogP contribution in [0.5, 0.6) is 0 Å². The van der Waals surface area contributed by atoms with E-state index in [0.717, 1.165) is 32.2 Å². The van der Waals surface area contributed by atoms with E-state index in [1.54, 1.807) is 6.21 Å². The van der Waals surface area contributed by atoms with Crippen LogP contribution in [0.1, 0.15) is 16.8 Å². The van der Waals surface area contributed by atoms with Crippen molar-refractivity contribution in [2.45, 2.75) is 19.9 Å². The third-order valence-electron chi connectivity index (χ3n) is 4.19. The number of para-hydroxylation sites is 1. The molecule has 1 aromatic heterocycles. The van der Waals surface area contributed by atoms with Gasteiger partial charge in [0.15, 0.2) is 0 Å². The molecule has 2 aromatic carbocycles. The second-order valence-corrected chi connectivity index (χ2v) is 6.82. The normalized spacial score (nSPS) is 11.0. The van der Waals surface area contributed by atoms with Crippen LogP contribution < -0.4 is 5.43 Å². The molecule has 130 valence electrons. The number of benzene rings is 2. The highest BCUT2D eigenvalue weighted by atomic mass is 79.9. The summed E-state index contributed by atoms with van der Waals surface area (Å²) in [4.78, 5) is 12.1. The van der Waals surface area contributed by atoms with Crippen molar-refractivity contribution in [3.05, 3.63) is 69.8 Å². The number of hydrazone groups is 1. The van der Waals surface area contributed by atoms with Gasteiger partial charge in [0.05, 0.1) is 19.2 Å². The number of hydrogen-bond acceptors (Lipinski definition) is 2. The largest absolute Gasteiger partial charge is 0.333 e. The Morgan fingerprint density at radius 3 is 2.73 bits per heavy atom. The minimum absolute atomic E-state index is 0.159. The molecule has 26 heavy (non-hydrogen) atoms. The summed E-state index contributed by atoms with van der Waals surface area (Å²) in [6.07, 6.45) is 7.45. The van der Waals surface area contributed by atoms with Crippen molar-refractivity contribution in [2.75, 3.05) is 0 Å². The van der Waals surface area contributed by atoms with Crippen molar-refractivity contribution in [3.63, 3.8) is 0 Å². The van der Waals surface area contributed by atoms with E-state index in [9.17, 15) is 4.79 Å². The molecule has 0 bridgehead atoms. The first kappa shape index (κ1) is 18.0. The number of carbonyl (C=O) groups excluding carboxylic acids is 1. The third kappa shape index (κ3) is 3.87. The van der Waals surface area contributed by atoms with E-state index < -0.39 is 0 Å². The standard InChI is InChI=1S/C21H18BrN3O/c1-3-12-25-15(2)19(18-6-4-5-7-20(18)25)14-23-24-21(26)13-16-8-10-17(22)11-9-16/h1,4-11,14H,12-13H2,2H3,(H,24,26)/b23-14+. The minimum atomic E-state index is -0.159. The summed E-state index contributed by atoms with van der Waals surface area (Å²) in [6, 6.07) is 15.7. The van der Waals surface area contributed by atoms with E-state index in [0.29, 0.717) is 6.54 Å². The minimum Gasteiger partial charge on any atom is -0.333 e. The van der Waals surface area contributed by atoms with E-state index in [2.05, 4.69) is 36.9 Å². The smallest absolute Gasteiger partial charge is 0.244 e. The lowest BCUT2D eigenvalue weighted by atomic mass is 10.1. The van der Waals surface area contributed by atoms with Crippen LogP contribution in [0.3, 0.4) is 0 Å². The predicted molar refractivity (Wildman–Crippen MR) is 109 cm³/mol. The molecule has 0 radical (unpaired) electrons. The molecule has 3 aromatic rings. The van der Waals surface area contributed by atoms with Gasteiger partial charge in [0.2, 0.25) is 5.91 Å². The number of hydrogen-bond donors (Lipinski definition) is 1. The summed E-state index contributed by atoms with van der Waals surface area (Å²) >= 11 is 3.38. The lowest BCUT2D eigenvalue weighted by Gasteiger charge is -2.03. The summed E-state index contributed by atoms with van der Waals surface area (Å²) in [7, 11) is 0. The van der Waals surface area contributed by atoms with Crippen molar-refractivity contribution in [3.8, 4) is 12.3 Å².